The summed E-state index contributed by atoms with van der Waals surface area (Å²) >= 11 is 0. The fourth-order valence-corrected chi connectivity index (χ4v) is 1.07. The van der Waals surface area contributed by atoms with Crippen molar-refractivity contribution in [2.45, 2.75) is 0 Å². The second kappa shape index (κ2) is 5.25. The highest BCUT2D eigenvalue weighted by molar-refractivity contribution is 5.71. The molecule has 0 bridgehead atoms. The van der Waals surface area contributed by atoms with E-state index in [1.165, 1.54) is 13.2 Å². The lowest BCUT2D eigenvalue weighted by molar-refractivity contribution is -0.142. The lowest BCUT2D eigenvalue weighted by Crippen LogP contribution is -2.13. The van der Waals surface area contributed by atoms with Gasteiger partial charge in [0.05, 0.1) is 12.7 Å². The van der Waals surface area contributed by atoms with E-state index >= 15 is 0 Å². The maximum absolute atomic E-state index is 13.2. The van der Waals surface area contributed by atoms with E-state index in [1.807, 2.05) is 0 Å². The van der Waals surface area contributed by atoms with Crippen LogP contribution in [-0.2, 0) is 9.53 Å². The van der Waals surface area contributed by atoms with Crippen LogP contribution in [0.3, 0.4) is 0 Å². The van der Waals surface area contributed by atoms with Crippen molar-refractivity contribution >= 4 is 12.0 Å². The van der Waals surface area contributed by atoms with E-state index in [0.717, 1.165) is 6.07 Å². The van der Waals surface area contributed by atoms with Gasteiger partial charge in [-0.2, -0.15) is 0 Å². The van der Waals surface area contributed by atoms with Crippen molar-refractivity contribution in [2.75, 3.05) is 13.7 Å². The van der Waals surface area contributed by atoms with Crippen LogP contribution in [0.4, 0.5) is 8.78 Å². The van der Waals surface area contributed by atoms with Gasteiger partial charge in [0.1, 0.15) is 17.4 Å². The molecule has 0 fully saturated rings. The molecule has 0 heterocycles. The molecule has 0 aromatic heterocycles. The molecule has 0 N–H and O–H groups in total. The van der Waals surface area contributed by atoms with Crippen LogP contribution in [0, 0.1) is 11.6 Å². The van der Waals surface area contributed by atoms with E-state index in [2.05, 4.69) is 11.3 Å². The maximum Gasteiger partial charge on any atom is 0.343 e. The number of carbonyl (C=O) groups is 1. The molecule has 0 aliphatic rings. The zero-order valence-corrected chi connectivity index (χ0v) is 8.63. The number of methoxy groups -OCH3 is 1. The second-order valence-electron chi connectivity index (χ2n) is 2.87. The topological polar surface area (TPSA) is 35.5 Å². The van der Waals surface area contributed by atoms with E-state index in [9.17, 15) is 13.6 Å². The minimum atomic E-state index is -0.796. The first-order valence-corrected chi connectivity index (χ1v) is 4.39. The quantitative estimate of drug-likeness (QED) is 0.741. The van der Waals surface area contributed by atoms with E-state index in [1.54, 1.807) is 0 Å². The number of esters is 1. The van der Waals surface area contributed by atoms with Crippen molar-refractivity contribution in [3.8, 4) is 5.75 Å². The summed E-state index contributed by atoms with van der Waals surface area (Å²) in [5.74, 6) is -2.31. The van der Waals surface area contributed by atoms with E-state index in [0.29, 0.717) is 6.07 Å². The summed E-state index contributed by atoms with van der Waals surface area (Å²) in [6.07, 6.45) is 1.18. The normalized spacial score (nSPS) is 9.69. The summed E-state index contributed by atoms with van der Waals surface area (Å²) < 4.78 is 35.3. The van der Waals surface area contributed by atoms with Crippen LogP contribution in [0.5, 0.6) is 5.75 Å². The number of halogens is 2. The SMILES string of the molecule is C=Cc1c(F)cc(F)cc1OCC(=O)OC. The fourth-order valence-electron chi connectivity index (χ4n) is 1.07. The Labute approximate surface area is 91.3 Å². The van der Waals surface area contributed by atoms with Crippen molar-refractivity contribution in [1.29, 1.82) is 0 Å². The Morgan fingerprint density at radius 1 is 1.50 bits per heavy atom. The minimum absolute atomic E-state index is 0.00491. The number of benzene rings is 1. The molecule has 0 saturated carbocycles. The Kier molecular flexibility index (Phi) is 3.99. The molecular weight excluding hydrogens is 218 g/mol. The number of rotatable bonds is 4. The van der Waals surface area contributed by atoms with Crippen LogP contribution >= 0.6 is 0 Å². The molecule has 0 amide bonds. The first-order chi connectivity index (χ1) is 7.58. The molecule has 0 aliphatic carbocycles. The molecule has 0 radical (unpaired) electrons. The molecule has 16 heavy (non-hydrogen) atoms. The average molecular weight is 228 g/mol. The summed E-state index contributed by atoms with van der Waals surface area (Å²) in [4.78, 5) is 10.8. The van der Waals surface area contributed by atoms with Gasteiger partial charge in [0, 0.05) is 12.1 Å². The zero-order valence-electron chi connectivity index (χ0n) is 8.63. The molecule has 3 nitrogen and oxygen atoms in total. The predicted molar refractivity (Wildman–Crippen MR) is 54.0 cm³/mol. The molecule has 0 spiro atoms. The third-order valence-corrected chi connectivity index (χ3v) is 1.83. The van der Waals surface area contributed by atoms with Crippen LogP contribution in [0.2, 0.25) is 0 Å². The van der Waals surface area contributed by atoms with Gasteiger partial charge < -0.3 is 9.47 Å². The largest absolute Gasteiger partial charge is 0.481 e. The van der Waals surface area contributed by atoms with Gasteiger partial charge in [-0.05, 0) is 0 Å². The summed E-state index contributed by atoms with van der Waals surface area (Å²) in [5.41, 5.74) is 0.00491. The van der Waals surface area contributed by atoms with Crippen molar-refractivity contribution in [1.82, 2.24) is 0 Å². The predicted octanol–water partition coefficient (Wildman–Crippen LogP) is 2.16. The Bertz CT molecular complexity index is 416. The zero-order chi connectivity index (χ0) is 12.1. The van der Waals surface area contributed by atoms with Crippen molar-refractivity contribution in [2.24, 2.45) is 0 Å². The summed E-state index contributed by atoms with van der Waals surface area (Å²) in [5, 5.41) is 0. The Hall–Kier alpha value is -1.91. The number of hydrogen-bond donors (Lipinski definition) is 0. The third-order valence-electron chi connectivity index (χ3n) is 1.83. The average Bonchev–Trinajstić information content (AvgIpc) is 2.25. The van der Waals surface area contributed by atoms with Gasteiger partial charge in [-0.3, -0.25) is 0 Å². The highest BCUT2D eigenvalue weighted by Gasteiger charge is 2.11. The minimum Gasteiger partial charge on any atom is -0.481 e. The van der Waals surface area contributed by atoms with E-state index in [-0.39, 0.29) is 11.3 Å². The summed E-state index contributed by atoms with van der Waals surface area (Å²) in [7, 11) is 1.19. The third kappa shape index (κ3) is 2.79. The highest BCUT2D eigenvalue weighted by atomic mass is 19.1. The van der Waals surface area contributed by atoms with Crippen LogP contribution in [0.15, 0.2) is 18.7 Å². The summed E-state index contributed by atoms with van der Waals surface area (Å²) in [6.45, 7) is 2.95. The maximum atomic E-state index is 13.2. The van der Waals surface area contributed by atoms with Crippen LogP contribution in [0.1, 0.15) is 5.56 Å². The number of carbonyl (C=O) groups excluding carboxylic acids is 1. The van der Waals surface area contributed by atoms with Crippen molar-refractivity contribution < 1.29 is 23.0 Å². The molecule has 86 valence electrons. The smallest absolute Gasteiger partial charge is 0.343 e. The van der Waals surface area contributed by atoms with Gasteiger partial charge in [0.2, 0.25) is 0 Å². The van der Waals surface area contributed by atoms with Crippen LogP contribution < -0.4 is 4.74 Å². The van der Waals surface area contributed by atoms with Gasteiger partial charge in [0.25, 0.3) is 0 Å². The Morgan fingerprint density at radius 2 is 2.19 bits per heavy atom. The monoisotopic (exact) mass is 228 g/mol. The van der Waals surface area contributed by atoms with Gasteiger partial charge in [0.15, 0.2) is 6.61 Å². The molecule has 1 rings (SSSR count). The van der Waals surface area contributed by atoms with E-state index < -0.39 is 24.2 Å². The lowest BCUT2D eigenvalue weighted by Gasteiger charge is -2.08. The molecule has 1 aromatic rings. The number of hydrogen-bond acceptors (Lipinski definition) is 3. The molecule has 0 unspecified atom stereocenters. The van der Waals surface area contributed by atoms with Gasteiger partial charge in [-0.25, -0.2) is 13.6 Å². The first-order valence-electron chi connectivity index (χ1n) is 4.39. The summed E-state index contributed by atoms with van der Waals surface area (Å²) in [6, 6.07) is 1.69. The first kappa shape index (κ1) is 12.2. The van der Waals surface area contributed by atoms with Crippen LogP contribution in [-0.4, -0.2) is 19.7 Å². The van der Waals surface area contributed by atoms with Crippen LogP contribution in [0.25, 0.3) is 6.08 Å². The standard InChI is InChI=1S/C11H10F2O3/c1-3-8-9(13)4-7(12)5-10(8)16-6-11(14)15-2/h3-5H,1,6H2,2H3. The molecule has 0 aliphatic heterocycles. The van der Waals surface area contributed by atoms with E-state index in [4.69, 9.17) is 4.74 Å². The van der Waals surface area contributed by atoms with Gasteiger partial charge in [-0.15, -0.1) is 0 Å². The molecular formula is C11H10F2O3. The highest BCUT2D eigenvalue weighted by Crippen LogP contribution is 2.24. The lowest BCUT2D eigenvalue weighted by atomic mass is 10.2. The molecule has 0 atom stereocenters. The Balaban J connectivity index is 2.93. The van der Waals surface area contributed by atoms with Crippen molar-refractivity contribution in [3.63, 3.8) is 0 Å². The fraction of sp³-hybridized carbons (Fsp3) is 0.182. The molecule has 0 saturated heterocycles. The number of ether oxygens (including phenoxy) is 2. The van der Waals surface area contributed by atoms with Gasteiger partial charge in [-0.1, -0.05) is 12.7 Å². The Morgan fingerprint density at radius 3 is 2.75 bits per heavy atom. The molecule has 1 aromatic carbocycles. The second-order valence-corrected chi connectivity index (χ2v) is 2.87. The van der Waals surface area contributed by atoms with Gasteiger partial charge >= 0.3 is 5.97 Å². The molecule has 5 heteroatoms. The van der Waals surface area contributed by atoms with Crippen molar-refractivity contribution in [3.05, 3.63) is 35.9 Å².